The summed E-state index contributed by atoms with van der Waals surface area (Å²) in [6, 6.07) is 6.59. The second-order valence-corrected chi connectivity index (χ2v) is 15.5. The molecule has 258 valence electrons. The second-order valence-electron chi connectivity index (χ2n) is 15.5. The van der Waals surface area contributed by atoms with Crippen LogP contribution < -0.4 is 9.64 Å². The van der Waals surface area contributed by atoms with Gasteiger partial charge in [-0.25, -0.2) is 0 Å². The molecule has 1 aromatic rings. The van der Waals surface area contributed by atoms with Crippen molar-refractivity contribution in [2.45, 2.75) is 110 Å². The number of aliphatic hydroxyl groups is 1. The summed E-state index contributed by atoms with van der Waals surface area (Å²) in [5, 5.41) is 9.29. The van der Waals surface area contributed by atoms with Crippen molar-refractivity contribution in [3.63, 3.8) is 0 Å². The lowest BCUT2D eigenvalue weighted by molar-refractivity contribution is -0.156. The van der Waals surface area contributed by atoms with Gasteiger partial charge in [-0.3, -0.25) is 14.4 Å². The Morgan fingerprint density at radius 2 is 1.55 bits per heavy atom. The number of anilines is 1. The van der Waals surface area contributed by atoms with Crippen LogP contribution in [0.3, 0.4) is 0 Å². The number of carbonyl (C=O) groups excluding carboxylic acids is 3. The summed E-state index contributed by atoms with van der Waals surface area (Å²) in [6.07, 6.45) is 12.2. The van der Waals surface area contributed by atoms with Crippen LogP contribution in [-0.4, -0.2) is 88.3 Å². The Kier molecular flexibility index (Phi) is 10.0. The number of likely N-dealkylation sites (tertiary alicyclic amines) is 1. The molecule has 0 bridgehead atoms. The zero-order valence-corrected chi connectivity index (χ0v) is 29.5. The van der Waals surface area contributed by atoms with Gasteiger partial charge in [-0.1, -0.05) is 64.8 Å². The van der Waals surface area contributed by atoms with Gasteiger partial charge in [-0.15, -0.1) is 0 Å². The molecule has 1 aromatic carbocycles. The van der Waals surface area contributed by atoms with E-state index >= 15 is 0 Å². The molecule has 47 heavy (non-hydrogen) atoms. The molecular weight excluding hydrogens is 594 g/mol. The molecule has 0 radical (unpaired) electrons. The summed E-state index contributed by atoms with van der Waals surface area (Å²) in [5.74, 6) is -1.42. The fraction of sp³-hybridized carbons (Fsp3) is 0.658. The van der Waals surface area contributed by atoms with E-state index in [1.54, 1.807) is 9.80 Å². The zero-order valence-electron chi connectivity index (χ0n) is 29.5. The van der Waals surface area contributed by atoms with Crippen LogP contribution in [0.5, 0.6) is 5.75 Å². The largest absolute Gasteiger partial charge is 0.494 e. The van der Waals surface area contributed by atoms with Gasteiger partial charge in [0.2, 0.25) is 17.7 Å². The molecule has 0 saturated carbocycles. The fourth-order valence-electron chi connectivity index (χ4n) is 8.81. The molecule has 9 heteroatoms. The summed E-state index contributed by atoms with van der Waals surface area (Å²) >= 11 is 0. The van der Waals surface area contributed by atoms with Crippen LogP contribution in [0.15, 0.2) is 48.6 Å². The van der Waals surface area contributed by atoms with E-state index < -0.39 is 34.6 Å². The number of hydrogen-bond acceptors (Lipinski definition) is 6. The summed E-state index contributed by atoms with van der Waals surface area (Å²) in [7, 11) is 0. The van der Waals surface area contributed by atoms with Crippen LogP contribution in [0.2, 0.25) is 0 Å². The van der Waals surface area contributed by atoms with Crippen LogP contribution in [0.1, 0.15) is 87.0 Å². The molecule has 2 fully saturated rings. The van der Waals surface area contributed by atoms with Gasteiger partial charge in [0.15, 0.2) is 0 Å². The molecule has 5 atom stereocenters. The zero-order chi connectivity index (χ0) is 34.2. The van der Waals surface area contributed by atoms with Crippen LogP contribution in [-0.2, 0) is 19.1 Å². The maximum absolute atomic E-state index is 15.0. The number of fused-ring (bicyclic) bond motifs is 2. The lowest BCUT2D eigenvalue weighted by Gasteiger charge is -2.45. The number of amides is 3. The third-order valence-electron chi connectivity index (χ3n) is 10.4. The fourth-order valence-corrected chi connectivity index (χ4v) is 8.81. The van der Waals surface area contributed by atoms with Crippen molar-refractivity contribution in [3.8, 4) is 5.75 Å². The average molecular weight is 650 g/mol. The minimum atomic E-state index is -1.28. The van der Waals surface area contributed by atoms with Gasteiger partial charge >= 0.3 is 0 Å². The van der Waals surface area contributed by atoms with E-state index in [1.807, 2.05) is 67.3 Å². The molecule has 4 aliphatic heterocycles. The van der Waals surface area contributed by atoms with Crippen LogP contribution >= 0.6 is 0 Å². The van der Waals surface area contributed by atoms with Crippen molar-refractivity contribution in [1.82, 2.24) is 9.80 Å². The molecule has 2 saturated heterocycles. The number of nitrogens with zero attached hydrogens (tertiary/aromatic N) is 3. The normalized spacial score (nSPS) is 29.1. The van der Waals surface area contributed by atoms with Gasteiger partial charge in [-0.05, 0) is 76.1 Å². The van der Waals surface area contributed by atoms with Gasteiger partial charge in [0.05, 0.1) is 24.0 Å². The van der Waals surface area contributed by atoms with Crippen LogP contribution in [0, 0.1) is 17.3 Å². The first-order chi connectivity index (χ1) is 22.2. The number of ether oxygens (including phenoxy) is 2. The first-order valence-corrected chi connectivity index (χ1v) is 17.6. The topological polar surface area (TPSA) is 99.6 Å². The van der Waals surface area contributed by atoms with Crippen molar-refractivity contribution < 1.29 is 29.0 Å². The minimum Gasteiger partial charge on any atom is -0.494 e. The SMILES string of the molecule is CCOc1ccc(N2CC=C[C@]3(CC)O[C@]45C=CCN(C(C)(C)CC(C)(C)C)C(=O)C4N(CCCCCCO)C(=O)[C@@H]5[C@@H]3C2=O)cc1. The quantitative estimate of drug-likeness (QED) is 0.237. The lowest BCUT2D eigenvalue weighted by atomic mass is 9.72. The molecule has 4 heterocycles. The first kappa shape index (κ1) is 35.1. The lowest BCUT2D eigenvalue weighted by Crippen LogP contribution is -2.60. The summed E-state index contributed by atoms with van der Waals surface area (Å²) in [4.78, 5) is 50.0. The van der Waals surface area contributed by atoms with Crippen LogP contribution in [0.4, 0.5) is 5.69 Å². The predicted octanol–water partition coefficient (Wildman–Crippen LogP) is 5.52. The number of carbonyl (C=O) groups is 3. The van der Waals surface area contributed by atoms with Gasteiger partial charge in [0, 0.05) is 37.5 Å². The van der Waals surface area contributed by atoms with E-state index in [9.17, 15) is 19.5 Å². The smallest absolute Gasteiger partial charge is 0.249 e. The highest BCUT2D eigenvalue weighted by Crippen LogP contribution is 2.59. The Morgan fingerprint density at radius 3 is 2.19 bits per heavy atom. The molecule has 5 rings (SSSR count). The Hall–Kier alpha value is -3.17. The summed E-state index contributed by atoms with van der Waals surface area (Å²) < 4.78 is 12.8. The standard InChI is InChI=1S/C38H55N3O6/c1-8-37-20-14-23-39(27-16-18-28(19-17-27)46-9-2)32(43)29(37)30-33(44)40(22-12-10-11-13-25-42)31-34(45)41(24-15-21-38(30,31)47-37)36(6,7)26-35(3,4)5/h14-21,29-31,42H,8-13,22-26H2,1-7H3/t29-,30+,31?,37+,38+/m1/s1. The molecule has 1 N–H and O–H groups in total. The van der Waals surface area contributed by atoms with Gasteiger partial charge in [-0.2, -0.15) is 0 Å². The molecule has 4 aliphatic rings. The van der Waals surface area contributed by atoms with Crippen molar-refractivity contribution in [2.75, 3.05) is 37.7 Å². The minimum absolute atomic E-state index is 0.0250. The van der Waals surface area contributed by atoms with E-state index in [2.05, 4.69) is 34.6 Å². The number of aliphatic hydroxyl groups excluding tert-OH is 1. The van der Waals surface area contributed by atoms with Crippen LogP contribution in [0.25, 0.3) is 0 Å². The third-order valence-corrected chi connectivity index (χ3v) is 10.4. The number of rotatable bonds is 12. The van der Waals surface area contributed by atoms with E-state index in [0.29, 0.717) is 45.5 Å². The monoisotopic (exact) mass is 649 g/mol. The summed E-state index contributed by atoms with van der Waals surface area (Å²) in [5.41, 5.74) is -2.10. The van der Waals surface area contributed by atoms with Gasteiger partial charge in [0.1, 0.15) is 17.4 Å². The number of benzene rings is 1. The van der Waals surface area contributed by atoms with E-state index in [1.165, 1.54) is 0 Å². The van der Waals surface area contributed by atoms with E-state index in [4.69, 9.17) is 9.47 Å². The van der Waals surface area contributed by atoms with Crippen molar-refractivity contribution in [3.05, 3.63) is 48.6 Å². The number of unbranched alkanes of at least 4 members (excludes halogenated alkanes) is 3. The van der Waals surface area contributed by atoms with Crippen molar-refractivity contribution in [1.29, 1.82) is 0 Å². The van der Waals surface area contributed by atoms with Gasteiger partial charge in [0.25, 0.3) is 0 Å². The Balaban J connectivity index is 1.58. The average Bonchev–Trinajstić information content (AvgIpc) is 3.28. The molecule has 1 spiro atoms. The first-order valence-electron chi connectivity index (χ1n) is 17.6. The highest BCUT2D eigenvalue weighted by atomic mass is 16.5. The molecule has 1 unspecified atom stereocenters. The Labute approximate surface area is 280 Å². The van der Waals surface area contributed by atoms with E-state index in [0.717, 1.165) is 30.7 Å². The van der Waals surface area contributed by atoms with Crippen molar-refractivity contribution >= 4 is 23.4 Å². The highest BCUT2D eigenvalue weighted by Gasteiger charge is 2.75. The van der Waals surface area contributed by atoms with Crippen molar-refractivity contribution in [2.24, 2.45) is 17.3 Å². The van der Waals surface area contributed by atoms with E-state index in [-0.39, 0.29) is 29.7 Å². The van der Waals surface area contributed by atoms with Gasteiger partial charge < -0.3 is 29.3 Å². The highest BCUT2D eigenvalue weighted by molar-refractivity contribution is 6.04. The Bertz CT molecular complexity index is 1380. The molecule has 0 aromatic heterocycles. The number of hydrogen-bond donors (Lipinski definition) is 1. The molecule has 3 amide bonds. The predicted molar refractivity (Wildman–Crippen MR) is 183 cm³/mol. The third kappa shape index (κ3) is 6.38. The summed E-state index contributed by atoms with van der Waals surface area (Å²) in [6.45, 7) is 16.5. The molecule has 0 aliphatic carbocycles. The molecular formula is C38H55N3O6. The Morgan fingerprint density at radius 1 is 0.872 bits per heavy atom. The molecule has 9 nitrogen and oxygen atoms in total. The maximum atomic E-state index is 15.0. The second kappa shape index (κ2) is 13.4. The maximum Gasteiger partial charge on any atom is 0.249 e.